The fourth-order valence-electron chi connectivity index (χ4n) is 1.37. The molecule has 0 rings (SSSR count). The molecule has 6 heteroatoms. The highest BCUT2D eigenvalue weighted by Gasteiger charge is 2.14. The lowest BCUT2D eigenvalue weighted by molar-refractivity contribution is -0.137. The van der Waals surface area contributed by atoms with Crippen LogP contribution in [0.25, 0.3) is 0 Å². The van der Waals surface area contributed by atoms with Crippen molar-refractivity contribution in [2.75, 3.05) is 33.2 Å². The van der Waals surface area contributed by atoms with Crippen molar-refractivity contribution in [3.8, 4) is 12.3 Å². The van der Waals surface area contributed by atoms with Crippen LogP contribution in [-0.2, 0) is 4.79 Å². The van der Waals surface area contributed by atoms with Gasteiger partial charge in [-0.3, -0.25) is 4.79 Å². The van der Waals surface area contributed by atoms with Crippen molar-refractivity contribution in [3.05, 3.63) is 0 Å². The second-order valence-corrected chi connectivity index (χ2v) is 4.61. The topological polar surface area (TPSA) is 72.9 Å². The molecule has 0 fully saturated rings. The monoisotopic (exact) mass is 269 g/mol. The summed E-state index contributed by atoms with van der Waals surface area (Å²) in [6.07, 6.45) is 5.90. The lowest BCUT2D eigenvalue weighted by Crippen LogP contribution is -2.43. The molecule has 19 heavy (non-hydrogen) atoms. The van der Waals surface area contributed by atoms with Crippen LogP contribution in [0.4, 0.5) is 4.79 Å². The highest BCUT2D eigenvalue weighted by molar-refractivity contribution is 5.80. The third-order valence-electron chi connectivity index (χ3n) is 2.74. The van der Waals surface area contributed by atoms with E-state index in [1.807, 2.05) is 7.05 Å². The van der Waals surface area contributed by atoms with Crippen LogP contribution in [0, 0.1) is 12.3 Å². The quantitative estimate of drug-likeness (QED) is 0.495. The minimum absolute atomic E-state index is 0.00989. The Morgan fingerprint density at radius 2 is 2.05 bits per heavy atom. The van der Waals surface area contributed by atoms with E-state index in [9.17, 15) is 9.59 Å². The summed E-state index contributed by atoms with van der Waals surface area (Å²) in [5.41, 5.74) is 0. The largest absolute Gasteiger partial charge is 0.480 e. The second-order valence-electron chi connectivity index (χ2n) is 4.61. The van der Waals surface area contributed by atoms with E-state index in [4.69, 9.17) is 11.5 Å². The van der Waals surface area contributed by atoms with Gasteiger partial charge in [-0.25, -0.2) is 4.79 Å². The van der Waals surface area contributed by atoms with E-state index in [0.717, 1.165) is 17.9 Å². The van der Waals surface area contributed by atoms with Crippen molar-refractivity contribution in [2.24, 2.45) is 0 Å². The Hall–Kier alpha value is -1.74. The molecule has 108 valence electrons. The van der Waals surface area contributed by atoms with Gasteiger partial charge in [-0.2, -0.15) is 0 Å². The molecule has 0 atom stereocenters. The summed E-state index contributed by atoms with van der Waals surface area (Å²) in [5.74, 6) is 1.19. The van der Waals surface area contributed by atoms with Gasteiger partial charge in [-0.15, -0.1) is 6.42 Å². The summed E-state index contributed by atoms with van der Waals surface area (Å²) in [7, 11) is 2.02. The molecule has 0 aliphatic rings. The zero-order valence-corrected chi connectivity index (χ0v) is 11.8. The predicted octanol–water partition coefficient (Wildman–Crippen LogP) is 0.446. The molecular formula is C13H23N3O3. The van der Waals surface area contributed by atoms with Crippen molar-refractivity contribution < 1.29 is 14.7 Å². The lowest BCUT2D eigenvalue weighted by Gasteiger charge is -2.22. The van der Waals surface area contributed by atoms with Gasteiger partial charge in [0, 0.05) is 12.6 Å². The van der Waals surface area contributed by atoms with Crippen LogP contribution in [0.3, 0.4) is 0 Å². The SMILES string of the molecule is C#CCN(CC(=O)O)C(=O)NCCCN(C)C(C)C. The first-order chi connectivity index (χ1) is 8.88. The first kappa shape index (κ1) is 17.3. The highest BCUT2D eigenvalue weighted by Crippen LogP contribution is 1.95. The van der Waals surface area contributed by atoms with Gasteiger partial charge in [0.1, 0.15) is 6.54 Å². The summed E-state index contributed by atoms with van der Waals surface area (Å²) in [4.78, 5) is 25.5. The summed E-state index contributed by atoms with van der Waals surface area (Å²) >= 11 is 0. The molecule has 2 amide bonds. The minimum atomic E-state index is -1.08. The first-order valence-electron chi connectivity index (χ1n) is 6.26. The summed E-state index contributed by atoms with van der Waals surface area (Å²) < 4.78 is 0. The summed E-state index contributed by atoms with van der Waals surface area (Å²) in [6.45, 7) is 5.16. The van der Waals surface area contributed by atoms with E-state index in [1.54, 1.807) is 0 Å². The number of hydrogen-bond acceptors (Lipinski definition) is 3. The molecule has 6 nitrogen and oxygen atoms in total. The van der Waals surface area contributed by atoms with Crippen molar-refractivity contribution in [3.63, 3.8) is 0 Å². The Kier molecular flexibility index (Phi) is 8.38. The molecule has 0 saturated heterocycles. The van der Waals surface area contributed by atoms with Crippen LogP contribution in [0.1, 0.15) is 20.3 Å². The van der Waals surface area contributed by atoms with Gasteiger partial charge in [-0.05, 0) is 33.9 Å². The minimum Gasteiger partial charge on any atom is -0.480 e. The fraction of sp³-hybridized carbons (Fsp3) is 0.692. The number of terminal acetylenes is 1. The molecule has 0 radical (unpaired) electrons. The van der Waals surface area contributed by atoms with E-state index in [0.29, 0.717) is 12.6 Å². The van der Waals surface area contributed by atoms with Gasteiger partial charge < -0.3 is 20.2 Å². The Balaban J connectivity index is 4.00. The van der Waals surface area contributed by atoms with Gasteiger partial charge in [-0.1, -0.05) is 5.92 Å². The average Bonchev–Trinajstić information content (AvgIpc) is 2.32. The third-order valence-corrected chi connectivity index (χ3v) is 2.74. The average molecular weight is 269 g/mol. The maximum atomic E-state index is 11.7. The van der Waals surface area contributed by atoms with Gasteiger partial charge in [0.2, 0.25) is 0 Å². The van der Waals surface area contributed by atoms with E-state index < -0.39 is 12.0 Å². The number of carboxylic acids is 1. The Morgan fingerprint density at radius 1 is 1.42 bits per heavy atom. The maximum absolute atomic E-state index is 11.7. The van der Waals surface area contributed by atoms with E-state index in [2.05, 4.69) is 30.0 Å². The number of amides is 2. The number of nitrogens with zero attached hydrogens (tertiary/aromatic N) is 2. The van der Waals surface area contributed by atoms with Crippen LogP contribution in [0.5, 0.6) is 0 Å². The molecule has 0 aromatic rings. The number of carbonyl (C=O) groups is 2. The van der Waals surface area contributed by atoms with Crippen LogP contribution in [0.15, 0.2) is 0 Å². The third kappa shape index (κ3) is 8.06. The van der Waals surface area contributed by atoms with Crippen molar-refractivity contribution in [2.45, 2.75) is 26.3 Å². The molecule has 0 aliphatic carbocycles. The van der Waals surface area contributed by atoms with E-state index >= 15 is 0 Å². The zero-order chi connectivity index (χ0) is 14.8. The molecule has 0 saturated carbocycles. The molecular weight excluding hydrogens is 246 g/mol. The number of carbonyl (C=O) groups excluding carboxylic acids is 1. The van der Waals surface area contributed by atoms with E-state index in [-0.39, 0.29) is 13.1 Å². The van der Waals surface area contributed by atoms with Gasteiger partial charge in [0.25, 0.3) is 0 Å². The van der Waals surface area contributed by atoms with Crippen molar-refractivity contribution in [1.29, 1.82) is 0 Å². The molecule has 0 aliphatic heterocycles. The Bertz CT molecular complexity index is 337. The Morgan fingerprint density at radius 3 is 2.53 bits per heavy atom. The first-order valence-corrected chi connectivity index (χ1v) is 6.26. The van der Waals surface area contributed by atoms with Crippen LogP contribution in [-0.4, -0.2) is 66.2 Å². The molecule has 0 unspecified atom stereocenters. The summed E-state index contributed by atoms with van der Waals surface area (Å²) in [6, 6.07) is 0.0215. The molecule has 0 heterocycles. The number of urea groups is 1. The van der Waals surface area contributed by atoms with Gasteiger partial charge in [0.05, 0.1) is 6.54 Å². The van der Waals surface area contributed by atoms with E-state index in [1.165, 1.54) is 0 Å². The number of aliphatic carboxylic acids is 1. The molecule has 0 aromatic heterocycles. The molecule has 0 bridgehead atoms. The van der Waals surface area contributed by atoms with Crippen LogP contribution < -0.4 is 5.32 Å². The Labute approximate surface area is 114 Å². The standard InChI is InChI=1S/C13H23N3O3/c1-5-8-16(10-12(17)18)13(19)14-7-6-9-15(4)11(2)3/h1,11H,6-10H2,2-4H3,(H,14,19)(H,17,18). The van der Waals surface area contributed by atoms with Crippen molar-refractivity contribution >= 4 is 12.0 Å². The number of rotatable bonds is 8. The molecule has 0 spiro atoms. The van der Waals surface area contributed by atoms with Gasteiger partial charge >= 0.3 is 12.0 Å². The molecule has 0 aromatic carbocycles. The number of hydrogen-bond donors (Lipinski definition) is 2. The lowest BCUT2D eigenvalue weighted by atomic mass is 10.3. The van der Waals surface area contributed by atoms with Crippen LogP contribution in [0.2, 0.25) is 0 Å². The van der Waals surface area contributed by atoms with Gasteiger partial charge in [0.15, 0.2) is 0 Å². The van der Waals surface area contributed by atoms with Crippen LogP contribution >= 0.6 is 0 Å². The summed E-state index contributed by atoms with van der Waals surface area (Å²) in [5, 5.41) is 11.3. The normalized spacial score (nSPS) is 10.3. The smallest absolute Gasteiger partial charge is 0.323 e. The molecule has 2 N–H and O–H groups in total. The highest BCUT2D eigenvalue weighted by atomic mass is 16.4. The zero-order valence-electron chi connectivity index (χ0n) is 11.8. The fourth-order valence-corrected chi connectivity index (χ4v) is 1.37. The van der Waals surface area contributed by atoms with Crippen molar-refractivity contribution in [1.82, 2.24) is 15.1 Å². The maximum Gasteiger partial charge on any atom is 0.323 e. The second kappa shape index (κ2) is 9.22. The number of carboxylic acid groups (broad SMARTS) is 1. The predicted molar refractivity (Wildman–Crippen MR) is 73.8 cm³/mol. The number of nitrogens with one attached hydrogen (secondary N) is 1.